The van der Waals surface area contributed by atoms with Crippen LogP contribution in [0.5, 0.6) is 0 Å². The summed E-state index contributed by atoms with van der Waals surface area (Å²) in [5.41, 5.74) is 5.01. The van der Waals surface area contributed by atoms with Gasteiger partial charge < -0.3 is 10.1 Å². The molecular formula is C13H17N3O4. The van der Waals surface area contributed by atoms with Crippen molar-refractivity contribution in [2.45, 2.75) is 13.3 Å². The molecule has 0 aliphatic heterocycles. The molecule has 3 N–H and O–H groups in total. The summed E-state index contributed by atoms with van der Waals surface area (Å²) >= 11 is 0. The van der Waals surface area contributed by atoms with Crippen LogP contribution < -0.4 is 16.2 Å². The van der Waals surface area contributed by atoms with E-state index in [1.807, 2.05) is 35.8 Å². The van der Waals surface area contributed by atoms with Crippen LogP contribution in [0.25, 0.3) is 0 Å². The van der Waals surface area contributed by atoms with Gasteiger partial charge in [-0.2, -0.15) is 0 Å². The molecule has 0 unspecified atom stereocenters. The van der Waals surface area contributed by atoms with Gasteiger partial charge in [0.15, 0.2) is 0 Å². The molecule has 0 spiro atoms. The van der Waals surface area contributed by atoms with Gasteiger partial charge in [-0.3, -0.25) is 15.0 Å². The largest absolute Gasteiger partial charge is 0.449 e. The van der Waals surface area contributed by atoms with Crippen molar-refractivity contribution in [1.82, 2.24) is 16.2 Å². The van der Waals surface area contributed by atoms with Crippen molar-refractivity contribution in [2.24, 2.45) is 0 Å². The number of rotatable bonds is 5. The first kappa shape index (κ1) is 15.5. The molecule has 108 valence electrons. The van der Waals surface area contributed by atoms with Crippen molar-refractivity contribution in [1.29, 1.82) is 0 Å². The number of amides is 3. The summed E-state index contributed by atoms with van der Waals surface area (Å²) in [6.45, 7) is 1.62. The predicted molar refractivity (Wildman–Crippen MR) is 71.5 cm³/mol. The van der Waals surface area contributed by atoms with Crippen LogP contribution in [-0.2, 0) is 20.7 Å². The maximum atomic E-state index is 11.6. The number of benzene rings is 1. The summed E-state index contributed by atoms with van der Waals surface area (Å²) in [6.07, 6.45) is -0.559. The molecule has 20 heavy (non-hydrogen) atoms. The van der Waals surface area contributed by atoms with Crippen LogP contribution in [0.4, 0.5) is 4.79 Å². The lowest BCUT2D eigenvalue weighted by Gasteiger charge is -2.08. The molecule has 0 aliphatic rings. The second kappa shape index (κ2) is 8.52. The van der Waals surface area contributed by atoms with Crippen LogP contribution >= 0.6 is 0 Å². The van der Waals surface area contributed by atoms with Gasteiger partial charge in [-0.1, -0.05) is 30.3 Å². The number of hydrazine groups is 1. The third kappa shape index (κ3) is 6.39. The summed E-state index contributed by atoms with van der Waals surface area (Å²) in [4.78, 5) is 33.8. The fourth-order valence-electron chi connectivity index (χ4n) is 1.35. The van der Waals surface area contributed by atoms with Gasteiger partial charge in [0, 0.05) is 0 Å². The minimum Gasteiger partial charge on any atom is -0.449 e. The Kier molecular flexibility index (Phi) is 6.60. The van der Waals surface area contributed by atoms with E-state index >= 15 is 0 Å². The SMILES string of the molecule is CCOC(=O)NNC(=O)CNC(=O)Cc1ccccc1. The van der Waals surface area contributed by atoms with E-state index in [1.54, 1.807) is 6.92 Å². The molecule has 0 aliphatic carbocycles. The van der Waals surface area contributed by atoms with Gasteiger partial charge in [0.05, 0.1) is 19.6 Å². The van der Waals surface area contributed by atoms with Crippen LogP contribution in [0.3, 0.4) is 0 Å². The van der Waals surface area contributed by atoms with E-state index in [2.05, 4.69) is 15.5 Å². The predicted octanol–water partition coefficient (Wildman–Crippen LogP) is 0.123. The molecule has 0 atom stereocenters. The number of nitrogens with one attached hydrogen (secondary N) is 3. The van der Waals surface area contributed by atoms with Crippen LogP contribution in [0.15, 0.2) is 30.3 Å². The van der Waals surface area contributed by atoms with E-state index in [9.17, 15) is 14.4 Å². The van der Waals surface area contributed by atoms with Gasteiger partial charge in [0.2, 0.25) is 5.91 Å². The average Bonchev–Trinajstić information content (AvgIpc) is 2.44. The highest BCUT2D eigenvalue weighted by atomic mass is 16.5. The van der Waals surface area contributed by atoms with Crippen molar-refractivity contribution < 1.29 is 19.1 Å². The number of hydrogen-bond acceptors (Lipinski definition) is 4. The lowest BCUT2D eigenvalue weighted by atomic mass is 10.1. The molecule has 0 fully saturated rings. The van der Waals surface area contributed by atoms with Crippen molar-refractivity contribution in [2.75, 3.05) is 13.2 Å². The summed E-state index contributed by atoms with van der Waals surface area (Å²) in [7, 11) is 0. The van der Waals surface area contributed by atoms with Gasteiger partial charge in [0.1, 0.15) is 0 Å². The Morgan fingerprint density at radius 1 is 1.05 bits per heavy atom. The van der Waals surface area contributed by atoms with Crippen LogP contribution in [0, 0.1) is 0 Å². The summed E-state index contributed by atoms with van der Waals surface area (Å²) in [5.74, 6) is -0.818. The zero-order chi connectivity index (χ0) is 14.8. The molecule has 0 saturated heterocycles. The molecule has 0 heterocycles. The Hall–Kier alpha value is -2.57. The van der Waals surface area contributed by atoms with Crippen LogP contribution in [-0.4, -0.2) is 31.1 Å². The van der Waals surface area contributed by atoms with E-state index in [0.29, 0.717) is 0 Å². The van der Waals surface area contributed by atoms with Crippen LogP contribution in [0.2, 0.25) is 0 Å². The first-order valence-corrected chi connectivity index (χ1v) is 6.14. The fraction of sp³-hybridized carbons (Fsp3) is 0.308. The quantitative estimate of drug-likeness (QED) is 0.667. The molecule has 0 radical (unpaired) electrons. The minimum absolute atomic E-state index is 0.194. The fourth-order valence-corrected chi connectivity index (χ4v) is 1.35. The number of carbonyl (C=O) groups excluding carboxylic acids is 3. The topological polar surface area (TPSA) is 96.5 Å². The normalized spacial score (nSPS) is 9.45. The Morgan fingerprint density at radius 3 is 2.40 bits per heavy atom. The zero-order valence-corrected chi connectivity index (χ0v) is 11.1. The van der Waals surface area contributed by atoms with Gasteiger partial charge in [-0.25, -0.2) is 10.2 Å². The highest BCUT2D eigenvalue weighted by Crippen LogP contribution is 1.98. The molecule has 7 heteroatoms. The third-order valence-corrected chi connectivity index (χ3v) is 2.23. The standard InChI is InChI=1S/C13H17N3O4/c1-2-20-13(19)16-15-12(18)9-14-11(17)8-10-6-4-3-5-7-10/h3-7H,2,8-9H2,1H3,(H,14,17)(H,15,18)(H,16,19). The van der Waals surface area contributed by atoms with Crippen molar-refractivity contribution >= 4 is 17.9 Å². The molecule has 0 bridgehead atoms. The average molecular weight is 279 g/mol. The maximum absolute atomic E-state index is 11.6. The van der Waals surface area contributed by atoms with E-state index in [4.69, 9.17) is 0 Å². The summed E-state index contributed by atoms with van der Waals surface area (Å²) in [6, 6.07) is 9.16. The molecule has 1 rings (SSSR count). The molecule has 1 aromatic rings. The monoisotopic (exact) mass is 279 g/mol. The van der Waals surface area contributed by atoms with Crippen molar-refractivity contribution in [3.63, 3.8) is 0 Å². The second-order valence-electron chi connectivity index (χ2n) is 3.83. The molecular weight excluding hydrogens is 262 g/mol. The minimum atomic E-state index is -0.753. The summed E-state index contributed by atoms with van der Waals surface area (Å²) in [5, 5.41) is 2.44. The Bertz CT molecular complexity index is 462. The third-order valence-electron chi connectivity index (χ3n) is 2.23. The Labute approximate surface area is 116 Å². The molecule has 3 amide bonds. The molecule has 7 nitrogen and oxygen atoms in total. The lowest BCUT2D eigenvalue weighted by Crippen LogP contribution is -2.46. The van der Waals surface area contributed by atoms with Gasteiger partial charge in [0.25, 0.3) is 5.91 Å². The molecule has 0 aromatic heterocycles. The molecule has 0 saturated carbocycles. The zero-order valence-electron chi connectivity index (χ0n) is 11.1. The maximum Gasteiger partial charge on any atom is 0.426 e. The Balaban J connectivity index is 2.20. The van der Waals surface area contributed by atoms with E-state index in [0.717, 1.165) is 5.56 Å². The van der Waals surface area contributed by atoms with Crippen molar-refractivity contribution in [3.8, 4) is 0 Å². The first-order chi connectivity index (χ1) is 9.61. The van der Waals surface area contributed by atoms with Gasteiger partial charge >= 0.3 is 6.09 Å². The van der Waals surface area contributed by atoms with E-state index < -0.39 is 12.0 Å². The van der Waals surface area contributed by atoms with E-state index in [1.165, 1.54) is 0 Å². The summed E-state index contributed by atoms with van der Waals surface area (Å²) < 4.78 is 4.54. The lowest BCUT2D eigenvalue weighted by molar-refractivity contribution is -0.126. The van der Waals surface area contributed by atoms with Gasteiger partial charge in [-0.15, -0.1) is 0 Å². The molecule has 1 aromatic carbocycles. The van der Waals surface area contributed by atoms with Crippen LogP contribution in [0.1, 0.15) is 12.5 Å². The first-order valence-electron chi connectivity index (χ1n) is 6.14. The second-order valence-corrected chi connectivity index (χ2v) is 3.83. The highest BCUT2D eigenvalue weighted by Gasteiger charge is 2.07. The van der Waals surface area contributed by atoms with Gasteiger partial charge in [-0.05, 0) is 12.5 Å². The number of carbonyl (C=O) groups is 3. The number of ether oxygens (including phenoxy) is 1. The Morgan fingerprint density at radius 2 is 1.75 bits per heavy atom. The van der Waals surface area contributed by atoms with E-state index in [-0.39, 0.29) is 25.5 Å². The highest BCUT2D eigenvalue weighted by molar-refractivity contribution is 5.86. The number of hydrogen-bond donors (Lipinski definition) is 3. The van der Waals surface area contributed by atoms with Crippen molar-refractivity contribution in [3.05, 3.63) is 35.9 Å². The smallest absolute Gasteiger partial charge is 0.426 e.